The summed E-state index contributed by atoms with van der Waals surface area (Å²) in [6, 6.07) is -0.184. The highest BCUT2D eigenvalue weighted by atomic mass is 19.3. The molecule has 128 valence electrons. The number of ether oxygens (including phenoxy) is 1. The van der Waals surface area contributed by atoms with Crippen LogP contribution in [-0.4, -0.2) is 40.4 Å². The molecule has 0 radical (unpaired) electrons. The number of nitrogens with zero attached hydrogens (tertiary/aromatic N) is 2. The quantitative estimate of drug-likeness (QED) is 0.774. The van der Waals surface area contributed by atoms with Crippen molar-refractivity contribution < 1.29 is 22.8 Å². The SMILES string of the molecule is Cn1c(OCC(C)(F)F)ncc(B2OC(C)(C)C(C)(C)O2)c1=O. The van der Waals surface area contributed by atoms with E-state index in [-0.39, 0.29) is 11.5 Å². The number of halogens is 2. The van der Waals surface area contributed by atoms with Gasteiger partial charge in [0.1, 0.15) is 0 Å². The Balaban J connectivity index is 2.27. The van der Waals surface area contributed by atoms with Gasteiger partial charge in [-0.3, -0.25) is 9.36 Å². The summed E-state index contributed by atoms with van der Waals surface area (Å²) in [5, 5.41) is 0. The number of hydrogen-bond acceptors (Lipinski definition) is 5. The molecule has 0 N–H and O–H groups in total. The van der Waals surface area contributed by atoms with Crippen LogP contribution in [0.1, 0.15) is 34.6 Å². The molecule has 0 saturated carbocycles. The zero-order valence-electron chi connectivity index (χ0n) is 14.1. The zero-order valence-corrected chi connectivity index (χ0v) is 14.1. The van der Waals surface area contributed by atoms with E-state index in [2.05, 4.69) is 4.98 Å². The number of alkyl halides is 2. The van der Waals surface area contributed by atoms with Crippen LogP contribution >= 0.6 is 0 Å². The maximum Gasteiger partial charge on any atom is 0.502 e. The van der Waals surface area contributed by atoms with E-state index in [0.717, 1.165) is 11.5 Å². The van der Waals surface area contributed by atoms with Crippen LogP contribution in [0.4, 0.5) is 8.78 Å². The van der Waals surface area contributed by atoms with E-state index >= 15 is 0 Å². The van der Waals surface area contributed by atoms with Gasteiger partial charge >= 0.3 is 7.12 Å². The Morgan fingerprint density at radius 2 is 1.83 bits per heavy atom. The number of aromatic nitrogens is 2. The normalized spacial score (nSPS) is 19.9. The highest BCUT2D eigenvalue weighted by Gasteiger charge is 2.52. The van der Waals surface area contributed by atoms with E-state index in [1.807, 2.05) is 27.7 Å². The van der Waals surface area contributed by atoms with Gasteiger partial charge in [-0.25, -0.2) is 13.8 Å². The summed E-state index contributed by atoms with van der Waals surface area (Å²) in [4.78, 5) is 16.3. The lowest BCUT2D eigenvalue weighted by Gasteiger charge is -2.32. The van der Waals surface area contributed by atoms with Gasteiger partial charge in [0.25, 0.3) is 17.5 Å². The molecule has 1 fully saturated rings. The first kappa shape index (κ1) is 17.9. The van der Waals surface area contributed by atoms with E-state index in [4.69, 9.17) is 14.0 Å². The summed E-state index contributed by atoms with van der Waals surface area (Å²) >= 11 is 0. The first-order valence-electron chi connectivity index (χ1n) is 7.26. The van der Waals surface area contributed by atoms with Gasteiger partial charge in [-0.05, 0) is 27.7 Å². The predicted molar refractivity (Wildman–Crippen MR) is 81.3 cm³/mol. The van der Waals surface area contributed by atoms with Gasteiger partial charge in [0.15, 0.2) is 6.61 Å². The molecule has 0 atom stereocenters. The second-order valence-corrected chi connectivity index (χ2v) is 6.81. The second kappa shape index (κ2) is 5.56. The van der Waals surface area contributed by atoms with Crippen molar-refractivity contribution in [3.63, 3.8) is 0 Å². The molecule has 0 amide bonds. The van der Waals surface area contributed by atoms with Gasteiger partial charge in [-0.2, -0.15) is 0 Å². The highest BCUT2D eigenvalue weighted by molar-refractivity contribution is 6.61. The van der Waals surface area contributed by atoms with Crippen LogP contribution < -0.4 is 15.8 Å². The third-order valence-corrected chi connectivity index (χ3v) is 4.11. The molecule has 0 spiro atoms. The summed E-state index contributed by atoms with van der Waals surface area (Å²) in [6.45, 7) is 7.34. The summed E-state index contributed by atoms with van der Waals surface area (Å²) < 4.78 is 43.3. The molecule has 6 nitrogen and oxygen atoms in total. The Hall–Kier alpha value is -1.48. The molecule has 1 aromatic rings. The molecule has 0 bridgehead atoms. The van der Waals surface area contributed by atoms with Gasteiger partial charge in [0, 0.05) is 20.2 Å². The highest BCUT2D eigenvalue weighted by Crippen LogP contribution is 2.36. The van der Waals surface area contributed by atoms with Gasteiger partial charge in [-0.1, -0.05) is 0 Å². The van der Waals surface area contributed by atoms with E-state index in [1.165, 1.54) is 13.2 Å². The minimum atomic E-state index is -3.01. The summed E-state index contributed by atoms with van der Waals surface area (Å²) in [5.74, 6) is -3.01. The second-order valence-electron chi connectivity index (χ2n) is 6.81. The van der Waals surface area contributed by atoms with E-state index in [1.54, 1.807) is 0 Å². The van der Waals surface area contributed by atoms with Crippen molar-refractivity contribution in [1.29, 1.82) is 0 Å². The van der Waals surface area contributed by atoms with Crippen molar-refractivity contribution in [3.8, 4) is 6.01 Å². The Bertz CT molecular complexity index is 639. The molecule has 1 saturated heterocycles. The van der Waals surface area contributed by atoms with Gasteiger partial charge in [-0.15, -0.1) is 0 Å². The standard InChI is InChI=1S/C14H21BF2N2O4/c1-12(2)13(3,4)23-15(22-12)9-7-18-11(19(6)10(9)20)21-8-14(5,16)17/h7H,8H2,1-6H3. The van der Waals surface area contributed by atoms with Crippen molar-refractivity contribution >= 4 is 12.6 Å². The summed E-state index contributed by atoms with van der Waals surface area (Å²) in [5.41, 5.74) is -1.46. The lowest BCUT2D eigenvalue weighted by Crippen LogP contribution is -2.47. The Labute approximate surface area is 133 Å². The van der Waals surface area contributed by atoms with Gasteiger partial charge in [0.2, 0.25) is 0 Å². The third-order valence-electron chi connectivity index (χ3n) is 4.11. The van der Waals surface area contributed by atoms with Crippen LogP contribution in [0, 0.1) is 0 Å². The van der Waals surface area contributed by atoms with Crippen LogP contribution in [0.15, 0.2) is 11.0 Å². The predicted octanol–water partition coefficient (Wildman–Crippen LogP) is 1.11. The Kier molecular flexibility index (Phi) is 4.32. The third kappa shape index (κ3) is 3.55. The van der Waals surface area contributed by atoms with E-state index < -0.39 is 36.4 Å². The van der Waals surface area contributed by atoms with E-state index in [0.29, 0.717) is 0 Å². The summed E-state index contributed by atoms with van der Waals surface area (Å²) in [6.07, 6.45) is 1.24. The molecule has 23 heavy (non-hydrogen) atoms. The average Bonchev–Trinajstić information content (AvgIpc) is 2.59. The van der Waals surface area contributed by atoms with Gasteiger partial charge < -0.3 is 14.0 Å². The van der Waals surface area contributed by atoms with Crippen LogP contribution in [0.5, 0.6) is 6.01 Å². The fourth-order valence-electron chi connectivity index (χ4n) is 2.00. The van der Waals surface area contributed by atoms with Crippen LogP contribution in [0.25, 0.3) is 0 Å². The number of rotatable bonds is 4. The van der Waals surface area contributed by atoms with Crippen molar-refractivity contribution in [2.75, 3.05) is 6.61 Å². The van der Waals surface area contributed by atoms with Gasteiger partial charge in [0.05, 0.1) is 16.7 Å². The molecular formula is C14H21BF2N2O4. The molecule has 2 heterocycles. The van der Waals surface area contributed by atoms with Crippen molar-refractivity contribution in [2.24, 2.45) is 7.05 Å². The minimum absolute atomic E-state index is 0.184. The van der Waals surface area contributed by atoms with Crippen molar-refractivity contribution in [1.82, 2.24) is 9.55 Å². The lowest BCUT2D eigenvalue weighted by atomic mass is 9.81. The molecule has 2 rings (SSSR count). The average molecular weight is 330 g/mol. The van der Waals surface area contributed by atoms with Crippen LogP contribution in [-0.2, 0) is 16.4 Å². The number of hydrogen-bond donors (Lipinski definition) is 0. The lowest BCUT2D eigenvalue weighted by molar-refractivity contribution is -0.0268. The first-order valence-corrected chi connectivity index (χ1v) is 7.26. The fourth-order valence-corrected chi connectivity index (χ4v) is 2.00. The molecule has 1 aromatic heterocycles. The molecule has 9 heteroatoms. The van der Waals surface area contributed by atoms with Crippen molar-refractivity contribution in [2.45, 2.75) is 51.7 Å². The van der Waals surface area contributed by atoms with Crippen LogP contribution in [0.3, 0.4) is 0 Å². The molecule has 1 aliphatic heterocycles. The summed E-state index contributed by atoms with van der Waals surface area (Å²) in [7, 11) is 0.528. The Morgan fingerprint density at radius 1 is 1.30 bits per heavy atom. The molecular weight excluding hydrogens is 309 g/mol. The topological polar surface area (TPSA) is 62.6 Å². The molecule has 1 aliphatic rings. The largest absolute Gasteiger partial charge is 0.502 e. The van der Waals surface area contributed by atoms with Crippen LogP contribution in [0.2, 0.25) is 0 Å². The molecule has 0 unspecified atom stereocenters. The molecule has 0 aromatic carbocycles. The maximum atomic E-state index is 12.9. The Morgan fingerprint density at radius 3 is 2.30 bits per heavy atom. The monoisotopic (exact) mass is 330 g/mol. The zero-order chi connectivity index (χ0) is 17.6. The fraction of sp³-hybridized carbons (Fsp3) is 0.714. The van der Waals surface area contributed by atoms with Crippen molar-refractivity contribution in [3.05, 3.63) is 16.6 Å². The smallest absolute Gasteiger partial charge is 0.458 e. The maximum absolute atomic E-state index is 12.9. The van der Waals surface area contributed by atoms with E-state index in [9.17, 15) is 13.6 Å². The minimum Gasteiger partial charge on any atom is -0.458 e. The first-order chi connectivity index (χ1) is 10.3. The molecule has 0 aliphatic carbocycles.